The maximum Gasteiger partial charge on any atom is 0.253 e. The number of nitrogens with one attached hydrogen (secondary N) is 1. The van der Waals surface area contributed by atoms with Crippen molar-refractivity contribution in [3.05, 3.63) is 71.9 Å². The van der Waals surface area contributed by atoms with Gasteiger partial charge in [-0.1, -0.05) is 43.3 Å². The Kier molecular flexibility index (Phi) is 3.85. The van der Waals surface area contributed by atoms with E-state index in [0.717, 1.165) is 25.1 Å². The molecule has 3 heteroatoms. The number of benzene rings is 2. The highest BCUT2D eigenvalue weighted by Gasteiger charge is 2.31. The zero-order valence-corrected chi connectivity index (χ0v) is 13.9. The molecule has 1 amide bonds. The maximum absolute atomic E-state index is 12.7. The van der Waals surface area contributed by atoms with Crippen molar-refractivity contribution in [2.45, 2.75) is 19.3 Å². The van der Waals surface area contributed by atoms with E-state index < -0.39 is 0 Å². The van der Waals surface area contributed by atoms with Gasteiger partial charge in [0.2, 0.25) is 0 Å². The van der Waals surface area contributed by atoms with Crippen LogP contribution in [0.2, 0.25) is 0 Å². The van der Waals surface area contributed by atoms with Crippen molar-refractivity contribution in [2.75, 3.05) is 13.1 Å². The Hall–Kier alpha value is -2.55. The molecule has 1 saturated heterocycles. The molecule has 0 saturated carbocycles. The van der Waals surface area contributed by atoms with Crippen LogP contribution in [0.4, 0.5) is 0 Å². The second-order valence-electron chi connectivity index (χ2n) is 6.78. The lowest BCUT2D eigenvalue weighted by Crippen LogP contribution is -2.42. The van der Waals surface area contributed by atoms with Gasteiger partial charge in [-0.2, -0.15) is 0 Å². The normalized spacial score (nSPS) is 21.1. The Morgan fingerprint density at radius 2 is 1.83 bits per heavy atom. The SMILES string of the molecule is C[C@@H]1CN(C(=O)c2ccccc2)CC[C@@H]1c1c[nH]c2ccccc12. The molecule has 3 nitrogen and oxygen atoms in total. The fourth-order valence-electron chi connectivity index (χ4n) is 3.96. The third-order valence-corrected chi connectivity index (χ3v) is 5.23. The summed E-state index contributed by atoms with van der Waals surface area (Å²) in [6, 6.07) is 18.1. The fourth-order valence-corrected chi connectivity index (χ4v) is 3.96. The lowest BCUT2D eigenvalue weighted by Gasteiger charge is -2.37. The summed E-state index contributed by atoms with van der Waals surface area (Å²) in [6.07, 6.45) is 3.17. The number of carbonyl (C=O) groups is 1. The summed E-state index contributed by atoms with van der Waals surface area (Å²) in [5.41, 5.74) is 3.38. The molecule has 1 aromatic heterocycles. The first-order valence-corrected chi connectivity index (χ1v) is 8.64. The molecular formula is C21H22N2O. The number of aromatic nitrogens is 1. The van der Waals surface area contributed by atoms with Crippen LogP contribution in [0.15, 0.2) is 60.8 Å². The summed E-state index contributed by atoms with van der Waals surface area (Å²) in [5, 5.41) is 1.32. The van der Waals surface area contributed by atoms with Crippen LogP contribution in [0, 0.1) is 5.92 Å². The maximum atomic E-state index is 12.7. The quantitative estimate of drug-likeness (QED) is 0.745. The number of aromatic amines is 1. The van der Waals surface area contributed by atoms with E-state index in [1.54, 1.807) is 0 Å². The van der Waals surface area contributed by atoms with E-state index in [4.69, 9.17) is 0 Å². The highest BCUT2D eigenvalue weighted by Crippen LogP contribution is 2.36. The van der Waals surface area contributed by atoms with Gasteiger partial charge in [0.05, 0.1) is 0 Å². The zero-order chi connectivity index (χ0) is 16.5. The second-order valence-corrected chi connectivity index (χ2v) is 6.78. The van der Waals surface area contributed by atoms with Gasteiger partial charge in [0, 0.05) is 35.8 Å². The number of likely N-dealkylation sites (tertiary alicyclic amines) is 1. The third-order valence-electron chi connectivity index (χ3n) is 5.23. The molecule has 1 aliphatic heterocycles. The number of amides is 1. The molecule has 2 heterocycles. The van der Waals surface area contributed by atoms with Gasteiger partial charge in [0.1, 0.15) is 0 Å². The number of carbonyl (C=O) groups excluding carboxylic acids is 1. The number of H-pyrrole nitrogens is 1. The van der Waals surface area contributed by atoms with E-state index in [0.29, 0.717) is 11.8 Å². The molecule has 2 atom stereocenters. The Morgan fingerprint density at radius 1 is 1.08 bits per heavy atom. The van der Waals surface area contributed by atoms with Gasteiger partial charge in [-0.15, -0.1) is 0 Å². The highest BCUT2D eigenvalue weighted by molar-refractivity contribution is 5.94. The van der Waals surface area contributed by atoms with Crippen molar-refractivity contribution in [3.63, 3.8) is 0 Å². The van der Waals surface area contributed by atoms with Crippen molar-refractivity contribution in [2.24, 2.45) is 5.92 Å². The van der Waals surface area contributed by atoms with E-state index in [2.05, 4.69) is 42.4 Å². The second kappa shape index (κ2) is 6.16. The molecule has 2 aromatic carbocycles. The molecule has 0 spiro atoms. The van der Waals surface area contributed by atoms with Crippen LogP contribution in [-0.4, -0.2) is 28.9 Å². The van der Waals surface area contributed by atoms with E-state index in [1.165, 1.54) is 16.5 Å². The van der Waals surface area contributed by atoms with E-state index in [9.17, 15) is 4.79 Å². The fraction of sp³-hybridized carbons (Fsp3) is 0.286. The summed E-state index contributed by atoms with van der Waals surface area (Å²) < 4.78 is 0. The molecule has 1 N–H and O–H groups in total. The van der Waals surface area contributed by atoms with Crippen LogP contribution in [0.5, 0.6) is 0 Å². The molecule has 1 aliphatic rings. The first kappa shape index (κ1) is 15.0. The number of fused-ring (bicyclic) bond motifs is 1. The lowest BCUT2D eigenvalue weighted by atomic mass is 9.81. The van der Waals surface area contributed by atoms with Gasteiger partial charge < -0.3 is 9.88 Å². The number of nitrogens with zero attached hydrogens (tertiary/aromatic N) is 1. The Balaban J connectivity index is 1.54. The smallest absolute Gasteiger partial charge is 0.253 e. The van der Waals surface area contributed by atoms with Gasteiger partial charge >= 0.3 is 0 Å². The third kappa shape index (κ3) is 2.60. The summed E-state index contributed by atoms with van der Waals surface area (Å²) >= 11 is 0. The molecule has 1 fully saturated rings. The molecule has 24 heavy (non-hydrogen) atoms. The predicted molar refractivity (Wildman–Crippen MR) is 97.2 cm³/mol. The summed E-state index contributed by atoms with van der Waals surface area (Å²) in [5.74, 6) is 1.10. The molecule has 0 unspecified atom stereocenters. The van der Waals surface area contributed by atoms with E-state index in [-0.39, 0.29) is 5.91 Å². The van der Waals surface area contributed by atoms with Crippen molar-refractivity contribution >= 4 is 16.8 Å². The highest BCUT2D eigenvalue weighted by atomic mass is 16.2. The van der Waals surface area contributed by atoms with Crippen LogP contribution in [0.1, 0.15) is 35.2 Å². The van der Waals surface area contributed by atoms with Crippen LogP contribution in [0.25, 0.3) is 10.9 Å². The van der Waals surface area contributed by atoms with Crippen LogP contribution >= 0.6 is 0 Å². The minimum absolute atomic E-state index is 0.153. The zero-order valence-electron chi connectivity index (χ0n) is 13.9. The lowest BCUT2D eigenvalue weighted by molar-refractivity contribution is 0.0661. The monoisotopic (exact) mass is 318 g/mol. The van der Waals surface area contributed by atoms with Gasteiger partial charge in [0.15, 0.2) is 0 Å². The van der Waals surface area contributed by atoms with Gasteiger partial charge in [-0.3, -0.25) is 4.79 Å². The molecule has 0 bridgehead atoms. The number of hydrogen-bond acceptors (Lipinski definition) is 1. The van der Waals surface area contributed by atoms with Gasteiger partial charge in [-0.25, -0.2) is 0 Å². The summed E-state index contributed by atoms with van der Waals surface area (Å²) in [4.78, 5) is 18.1. The predicted octanol–water partition coefficient (Wildman–Crippen LogP) is 4.43. The number of rotatable bonds is 2. The van der Waals surface area contributed by atoms with Crippen LogP contribution in [-0.2, 0) is 0 Å². The molecule has 3 aromatic rings. The molecular weight excluding hydrogens is 296 g/mol. The van der Waals surface area contributed by atoms with Crippen molar-refractivity contribution < 1.29 is 4.79 Å². The largest absolute Gasteiger partial charge is 0.361 e. The average molecular weight is 318 g/mol. The Bertz CT molecular complexity index is 852. The number of hydrogen-bond donors (Lipinski definition) is 1. The number of piperidine rings is 1. The Labute approximate surface area is 142 Å². The molecule has 0 radical (unpaired) electrons. The standard InChI is InChI=1S/C21H22N2O/c1-15-14-23(21(24)16-7-3-2-4-8-16)12-11-17(15)19-13-22-20-10-6-5-9-18(19)20/h2-10,13,15,17,22H,11-12,14H2,1H3/t15-,17+/m1/s1. The average Bonchev–Trinajstić information content (AvgIpc) is 3.06. The first-order valence-electron chi connectivity index (χ1n) is 8.64. The van der Waals surface area contributed by atoms with Crippen LogP contribution in [0.3, 0.4) is 0 Å². The summed E-state index contributed by atoms with van der Waals surface area (Å²) in [7, 11) is 0. The molecule has 0 aliphatic carbocycles. The number of para-hydroxylation sites is 1. The van der Waals surface area contributed by atoms with Gasteiger partial charge in [0.25, 0.3) is 5.91 Å². The summed E-state index contributed by atoms with van der Waals surface area (Å²) in [6.45, 7) is 3.90. The van der Waals surface area contributed by atoms with E-state index in [1.807, 2.05) is 35.2 Å². The minimum atomic E-state index is 0.153. The van der Waals surface area contributed by atoms with E-state index >= 15 is 0 Å². The topological polar surface area (TPSA) is 36.1 Å². The molecule has 122 valence electrons. The van der Waals surface area contributed by atoms with Crippen molar-refractivity contribution in [1.29, 1.82) is 0 Å². The Morgan fingerprint density at radius 3 is 2.62 bits per heavy atom. The first-order chi connectivity index (χ1) is 11.7. The van der Waals surface area contributed by atoms with Gasteiger partial charge in [-0.05, 0) is 42.0 Å². The van der Waals surface area contributed by atoms with Crippen LogP contribution < -0.4 is 0 Å². The van der Waals surface area contributed by atoms with Crippen molar-refractivity contribution in [1.82, 2.24) is 9.88 Å². The van der Waals surface area contributed by atoms with Crippen molar-refractivity contribution in [3.8, 4) is 0 Å². The molecule has 4 rings (SSSR count). The minimum Gasteiger partial charge on any atom is -0.361 e.